The molecule has 4 rings (SSSR count). The van der Waals surface area contributed by atoms with Crippen LogP contribution < -0.4 is 14.8 Å². The van der Waals surface area contributed by atoms with Crippen LogP contribution in [0.15, 0.2) is 79.0 Å². The summed E-state index contributed by atoms with van der Waals surface area (Å²) < 4.78 is 12.8. The van der Waals surface area contributed by atoms with Gasteiger partial charge in [-0.05, 0) is 48.0 Å². The number of fused-ring (bicyclic) bond motifs is 1. The fourth-order valence-electron chi connectivity index (χ4n) is 3.18. The highest BCUT2D eigenvalue weighted by Gasteiger charge is 2.08. The first kappa shape index (κ1) is 19.5. The number of benzene rings is 3. The first-order chi connectivity index (χ1) is 14.7. The molecule has 6 heteroatoms. The quantitative estimate of drug-likeness (QED) is 0.467. The van der Waals surface area contributed by atoms with Crippen LogP contribution in [0.4, 0.5) is 5.69 Å². The van der Waals surface area contributed by atoms with Crippen LogP contribution >= 0.6 is 0 Å². The first-order valence-corrected chi connectivity index (χ1v) is 9.77. The third-order valence-electron chi connectivity index (χ3n) is 4.79. The Bertz CT molecular complexity index is 1120. The van der Waals surface area contributed by atoms with Gasteiger partial charge in [0, 0.05) is 17.5 Å². The van der Waals surface area contributed by atoms with Crippen molar-refractivity contribution in [1.29, 1.82) is 0 Å². The monoisotopic (exact) mass is 401 g/mol. The number of nitrogens with one attached hydrogen (secondary N) is 1. The third kappa shape index (κ3) is 4.78. The van der Waals surface area contributed by atoms with E-state index in [0.29, 0.717) is 19.6 Å². The number of carbonyl (C=O) groups is 1. The van der Waals surface area contributed by atoms with E-state index in [-0.39, 0.29) is 5.91 Å². The summed E-state index contributed by atoms with van der Waals surface area (Å²) in [6.45, 7) is 1.01. The molecule has 1 N–H and O–H groups in total. The normalized spacial score (nSPS) is 10.7. The molecule has 1 amide bonds. The standard InChI is InChI=1S/C24H23N3O3/c1-29-22-11-12-23-19(15-22)16-25-27(23)14-13-24(28)26-20-7-9-21(10-8-20)30-17-18-5-3-2-4-6-18/h2-12,15-16H,13-14,17H2,1H3,(H,26,28). The summed E-state index contributed by atoms with van der Waals surface area (Å²) in [6, 6.07) is 23.2. The highest BCUT2D eigenvalue weighted by atomic mass is 16.5. The second-order valence-corrected chi connectivity index (χ2v) is 6.89. The molecule has 6 nitrogen and oxygen atoms in total. The van der Waals surface area contributed by atoms with Crippen molar-refractivity contribution in [2.24, 2.45) is 0 Å². The van der Waals surface area contributed by atoms with Gasteiger partial charge in [-0.25, -0.2) is 0 Å². The lowest BCUT2D eigenvalue weighted by Crippen LogP contribution is -2.14. The topological polar surface area (TPSA) is 65.4 Å². The van der Waals surface area contributed by atoms with Gasteiger partial charge in [-0.1, -0.05) is 30.3 Å². The van der Waals surface area contributed by atoms with Gasteiger partial charge >= 0.3 is 0 Å². The molecule has 0 spiro atoms. The molecule has 3 aromatic carbocycles. The summed E-state index contributed by atoms with van der Waals surface area (Å²) in [4.78, 5) is 12.3. The molecule has 0 atom stereocenters. The van der Waals surface area contributed by atoms with Crippen molar-refractivity contribution in [3.63, 3.8) is 0 Å². The Morgan fingerprint density at radius 1 is 1.00 bits per heavy atom. The van der Waals surface area contributed by atoms with E-state index >= 15 is 0 Å². The molecule has 0 aliphatic rings. The lowest BCUT2D eigenvalue weighted by Gasteiger charge is -2.09. The van der Waals surface area contributed by atoms with Gasteiger partial charge in [0.15, 0.2) is 0 Å². The van der Waals surface area contributed by atoms with Crippen molar-refractivity contribution in [2.45, 2.75) is 19.6 Å². The fraction of sp³-hybridized carbons (Fsp3) is 0.167. The van der Waals surface area contributed by atoms with Crippen molar-refractivity contribution in [3.05, 3.63) is 84.6 Å². The average molecular weight is 401 g/mol. The van der Waals surface area contributed by atoms with Gasteiger partial charge in [0.1, 0.15) is 18.1 Å². The molecular weight excluding hydrogens is 378 g/mol. The van der Waals surface area contributed by atoms with Crippen LogP contribution in [0.5, 0.6) is 11.5 Å². The van der Waals surface area contributed by atoms with E-state index in [4.69, 9.17) is 9.47 Å². The summed E-state index contributed by atoms with van der Waals surface area (Å²) in [6.07, 6.45) is 2.11. The molecule has 1 heterocycles. The summed E-state index contributed by atoms with van der Waals surface area (Å²) in [5.41, 5.74) is 2.82. The van der Waals surface area contributed by atoms with E-state index in [9.17, 15) is 4.79 Å². The number of aryl methyl sites for hydroxylation is 1. The maximum atomic E-state index is 12.3. The van der Waals surface area contributed by atoms with Gasteiger partial charge in [-0.15, -0.1) is 0 Å². The molecule has 0 fully saturated rings. The number of nitrogens with zero attached hydrogens (tertiary/aromatic N) is 2. The van der Waals surface area contributed by atoms with Gasteiger partial charge in [0.05, 0.1) is 25.4 Å². The molecule has 0 aliphatic carbocycles. The lowest BCUT2D eigenvalue weighted by atomic mass is 10.2. The molecule has 0 saturated heterocycles. The van der Waals surface area contributed by atoms with Crippen molar-refractivity contribution in [2.75, 3.05) is 12.4 Å². The molecule has 152 valence electrons. The second kappa shape index (κ2) is 9.13. The van der Waals surface area contributed by atoms with Crippen LogP contribution in [0, 0.1) is 0 Å². The number of methoxy groups -OCH3 is 1. The Labute approximate surface area is 175 Å². The number of carbonyl (C=O) groups excluding carboxylic acids is 1. The molecule has 0 unspecified atom stereocenters. The minimum Gasteiger partial charge on any atom is -0.497 e. The van der Waals surface area contributed by atoms with Gasteiger partial charge in [-0.2, -0.15) is 5.10 Å². The fourth-order valence-corrected chi connectivity index (χ4v) is 3.18. The smallest absolute Gasteiger partial charge is 0.226 e. The van der Waals surface area contributed by atoms with E-state index < -0.39 is 0 Å². The van der Waals surface area contributed by atoms with Crippen LogP contribution in [-0.4, -0.2) is 22.8 Å². The number of aromatic nitrogens is 2. The lowest BCUT2D eigenvalue weighted by molar-refractivity contribution is -0.116. The van der Waals surface area contributed by atoms with Crippen molar-refractivity contribution in [1.82, 2.24) is 9.78 Å². The largest absolute Gasteiger partial charge is 0.497 e. The summed E-state index contributed by atoms with van der Waals surface area (Å²) in [5, 5.41) is 8.27. The molecule has 0 saturated carbocycles. The number of ether oxygens (including phenoxy) is 2. The predicted molar refractivity (Wildman–Crippen MR) is 117 cm³/mol. The van der Waals surface area contributed by atoms with E-state index in [1.807, 2.05) is 77.5 Å². The van der Waals surface area contributed by atoms with E-state index in [0.717, 1.165) is 33.7 Å². The summed E-state index contributed by atoms with van der Waals surface area (Å²) >= 11 is 0. The summed E-state index contributed by atoms with van der Waals surface area (Å²) in [7, 11) is 1.64. The number of hydrogen-bond donors (Lipinski definition) is 1. The molecule has 0 aliphatic heterocycles. The molecule has 0 radical (unpaired) electrons. The molecular formula is C24H23N3O3. The Morgan fingerprint density at radius 2 is 1.77 bits per heavy atom. The molecule has 4 aromatic rings. The van der Waals surface area contributed by atoms with Crippen LogP contribution in [-0.2, 0) is 17.9 Å². The Kier molecular flexibility index (Phi) is 5.94. The SMILES string of the molecule is COc1ccc2c(cnn2CCC(=O)Nc2ccc(OCc3ccccc3)cc2)c1. The Morgan fingerprint density at radius 3 is 2.53 bits per heavy atom. The first-order valence-electron chi connectivity index (χ1n) is 9.77. The number of rotatable bonds is 8. The van der Waals surface area contributed by atoms with E-state index in [1.165, 1.54) is 0 Å². The highest BCUT2D eigenvalue weighted by molar-refractivity contribution is 5.90. The minimum absolute atomic E-state index is 0.0647. The zero-order chi connectivity index (χ0) is 20.8. The van der Waals surface area contributed by atoms with Gasteiger partial charge in [0.25, 0.3) is 0 Å². The minimum atomic E-state index is -0.0647. The van der Waals surface area contributed by atoms with E-state index in [1.54, 1.807) is 13.3 Å². The van der Waals surface area contributed by atoms with Crippen LogP contribution in [0.25, 0.3) is 10.9 Å². The zero-order valence-corrected chi connectivity index (χ0v) is 16.7. The van der Waals surface area contributed by atoms with Crippen LogP contribution in [0.1, 0.15) is 12.0 Å². The maximum absolute atomic E-state index is 12.3. The molecule has 30 heavy (non-hydrogen) atoms. The van der Waals surface area contributed by atoms with E-state index in [2.05, 4.69) is 10.4 Å². The highest BCUT2D eigenvalue weighted by Crippen LogP contribution is 2.21. The number of hydrogen-bond acceptors (Lipinski definition) is 4. The molecule has 0 bridgehead atoms. The van der Waals surface area contributed by atoms with Crippen molar-refractivity contribution >= 4 is 22.5 Å². The van der Waals surface area contributed by atoms with Crippen LogP contribution in [0.2, 0.25) is 0 Å². The van der Waals surface area contributed by atoms with Gasteiger partial charge in [-0.3, -0.25) is 9.48 Å². The second-order valence-electron chi connectivity index (χ2n) is 6.89. The number of anilines is 1. The Balaban J connectivity index is 1.29. The molecule has 1 aromatic heterocycles. The summed E-state index contributed by atoms with van der Waals surface area (Å²) in [5.74, 6) is 1.48. The van der Waals surface area contributed by atoms with Crippen LogP contribution in [0.3, 0.4) is 0 Å². The predicted octanol–water partition coefficient (Wildman–Crippen LogP) is 4.65. The third-order valence-corrected chi connectivity index (χ3v) is 4.79. The zero-order valence-electron chi connectivity index (χ0n) is 16.7. The van der Waals surface area contributed by atoms with Crippen molar-refractivity contribution in [3.8, 4) is 11.5 Å². The Hall–Kier alpha value is -3.80. The maximum Gasteiger partial charge on any atom is 0.226 e. The average Bonchev–Trinajstić information content (AvgIpc) is 3.20. The van der Waals surface area contributed by atoms with Gasteiger partial charge < -0.3 is 14.8 Å². The number of amides is 1. The van der Waals surface area contributed by atoms with Gasteiger partial charge in [0.2, 0.25) is 5.91 Å². The van der Waals surface area contributed by atoms with Crippen molar-refractivity contribution < 1.29 is 14.3 Å².